The van der Waals surface area contributed by atoms with Crippen molar-refractivity contribution in [2.75, 3.05) is 0 Å². The van der Waals surface area contributed by atoms with Gasteiger partial charge in [0.15, 0.2) is 11.9 Å². The van der Waals surface area contributed by atoms with Crippen molar-refractivity contribution in [2.24, 2.45) is 0 Å². The van der Waals surface area contributed by atoms with E-state index in [0.717, 1.165) is 77.1 Å². The molecule has 0 bridgehead atoms. The van der Waals surface area contributed by atoms with E-state index < -0.39 is 6.08 Å². The molecule has 0 N–H and O–H groups in total. The fourth-order valence-electron chi connectivity index (χ4n) is 5.04. The molecule has 1 fully saturated rings. The van der Waals surface area contributed by atoms with Crippen molar-refractivity contribution in [1.82, 2.24) is 19.7 Å². The van der Waals surface area contributed by atoms with Gasteiger partial charge in [-0.1, -0.05) is 80.1 Å². The first-order chi connectivity index (χ1) is 19.1. The topological polar surface area (TPSA) is 96.9 Å². The molecule has 0 saturated heterocycles. The van der Waals surface area contributed by atoms with Crippen LogP contribution < -0.4 is 62.1 Å². The first-order valence-electron chi connectivity index (χ1n) is 13.5. The first kappa shape index (κ1) is 28.6. The number of hydrogen-bond acceptors (Lipinski definition) is 6. The summed E-state index contributed by atoms with van der Waals surface area (Å²) in [5.41, 5.74) is 6.21. The second-order valence-corrected chi connectivity index (χ2v) is 10.1. The van der Waals surface area contributed by atoms with Gasteiger partial charge in [-0.05, 0) is 54.5 Å². The summed E-state index contributed by atoms with van der Waals surface area (Å²) in [5, 5.41) is 15.3. The van der Waals surface area contributed by atoms with Gasteiger partial charge in [0.25, 0.3) is 5.56 Å². The third kappa shape index (κ3) is 6.06. The zero-order chi connectivity index (χ0) is 26.8. The molecule has 8 heteroatoms. The molecule has 0 amide bonds. The molecule has 0 atom stereocenters. The fourth-order valence-corrected chi connectivity index (χ4v) is 5.04. The summed E-state index contributed by atoms with van der Waals surface area (Å²) in [4.78, 5) is 23.1. The van der Waals surface area contributed by atoms with Gasteiger partial charge in [-0.2, -0.15) is 5.16 Å². The standard InChI is InChI=1S/C32H30N4O3.K/c1-2-3-13-28-27(31(37)36(24-9-5-4-6-10-24)30(33-28)23-18-19-23)20-21-14-16-22(17-15-21)25-11-7-8-12-26(25)29-34-32(38)39-35-29;/h4-12,14-17,23H,2-3,13,18-20H2,1H3,(H,34,35,38);/q;+1/p-1. The van der Waals surface area contributed by atoms with Gasteiger partial charge in [0.1, 0.15) is 5.82 Å². The number of benzene rings is 3. The minimum absolute atomic E-state index is 0. The molecule has 40 heavy (non-hydrogen) atoms. The average Bonchev–Trinajstić information content (AvgIpc) is 3.73. The summed E-state index contributed by atoms with van der Waals surface area (Å²) < 4.78 is 6.50. The number of hydrogen-bond donors (Lipinski definition) is 0. The van der Waals surface area contributed by atoms with E-state index in [2.05, 4.69) is 21.6 Å². The summed E-state index contributed by atoms with van der Waals surface area (Å²) in [7, 11) is 0. The van der Waals surface area contributed by atoms with Crippen LogP contribution in [0.2, 0.25) is 0 Å². The van der Waals surface area contributed by atoms with Crippen LogP contribution in [0.1, 0.15) is 61.2 Å². The monoisotopic (exact) mass is 556 g/mol. The Bertz CT molecular complexity index is 1660. The van der Waals surface area contributed by atoms with Crippen molar-refractivity contribution in [3.05, 3.63) is 112 Å². The second-order valence-electron chi connectivity index (χ2n) is 10.1. The summed E-state index contributed by atoms with van der Waals surface area (Å²) >= 11 is 0. The van der Waals surface area contributed by atoms with Crippen molar-refractivity contribution < 1.29 is 61.0 Å². The molecule has 196 valence electrons. The Morgan fingerprint density at radius 2 is 1.62 bits per heavy atom. The number of rotatable bonds is 9. The van der Waals surface area contributed by atoms with Crippen molar-refractivity contribution in [1.29, 1.82) is 0 Å². The van der Waals surface area contributed by atoms with Crippen LogP contribution in [0.5, 0.6) is 6.08 Å². The van der Waals surface area contributed by atoms with Crippen molar-refractivity contribution in [2.45, 2.75) is 51.4 Å². The third-order valence-electron chi connectivity index (χ3n) is 7.23. The molecule has 1 aliphatic carbocycles. The summed E-state index contributed by atoms with van der Waals surface area (Å²) in [6.07, 6.45) is 4.79. The molecular formula is C32H29KN4O3. The third-order valence-corrected chi connectivity index (χ3v) is 7.23. The second kappa shape index (κ2) is 12.7. The maximum Gasteiger partial charge on any atom is 1.00 e. The van der Waals surface area contributed by atoms with E-state index in [-0.39, 0.29) is 62.8 Å². The van der Waals surface area contributed by atoms with Crippen LogP contribution in [0.25, 0.3) is 28.2 Å². The molecule has 0 unspecified atom stereocenters. The Balaban J connectivity index is 0.00000323. The molecule has 1 saturated carbocycles. The van der Waals surface area contributed by atoms with Crippen molar-refractivity contribution >= 4 is 0 Å². The minimum Gasteiger partial charge on any atom is -0.528 e. The van der Waals surface area contributed by atoms with E-state index in [9.17, 15) is 9.90 Å². The summed E-state index contributed by atoms with van der Waals surface area (Å²) in [6, 6.07) is 25.7. The number of para-hydroxylation sites is 1. The SMILES string of the molecule is CCCCc1nc(C2CC2)n(-c2ccccc2)c(=O)c1Cc1ccc(-c2ccccc2-c2noc([O-])n2)cc1.[K+]. The van der Waals surface area contributed by atoms with Crippen LogP contribution >= 0.6 is 0 Å². The number of aryl methyl sites for hydroxylation is 1. The van der Waals surface area contributed by atoms with Crippen molar-refractivity contribution in [3.8, 4) is 34.3 Å². The van der Waals surface area contributed by atoms with E-state index in [1.165, 1.54) is 0 Å². The molecule has 1 aliphatic rings. The quantitative estimate of drug-likeness (QED) is 0.259. The average molecular weight is 557 g/mol. The maximum atomic E-state index is 14.1. The van der Waals surface area contributed by atoms with Gasteiger partial charge in [-0.15, -0.1) is 0 Å². The van der Waals surface area contributed by atoms with Crippen LogP contribution in [0.3, 0.4) is 0 Å². The van der Waals surface area contributed by atoms with Crippen LogP contribution in [0.15, 0.2) is 88.2 Å². The Kier molecular flexibility index (Phi) is 9.12. The molecule has 3 aromatic carbocycles. The van der Waals surface area contributed by atoms with Crippen LogP contribution in [0, 0.1) is 0 Å². The summed E-state index contributed by atoms with van der Waals surface area (Å²) in [5.74, 6) is 1.52. The summed E-state index contributed by atoms with van der Waals surface area (Å²) in [6.45, 7) is 2.16. The van der Waals surface area contributed by atoms with E-state index >= 15 is 0 Å². The Labute approximate surface area is 275 Å². The Morgan fingerprint density at radius 3 is 2.27 bits per heavy atom. The molecule has 6 rings (SSSR count). The van der Waals surface area contributed by atoms with Crippen LogP contribution in [-0.2, 0) is 12.8 Å². The molecule has 0 aliphatic heterocycles. The fraction of sp³-hybridized carbons (Fsp3) is 0.250. The Morgan fingerprint density at radius 1 is 0.925 bits per heavy atom. The molecule has 5 aromatic rings. The van der Waals surface area contributed by atoms with E-state index in [1.54, 1.807) is 0 Å². The smallest absolute Gasteiger partial charge is 0.528 e. The zero-order valence-electron chi connectivity index (χ0n) is 22.8. The van der Waals surface area contributed by atoms with E-state index in [1.807, 2.05) is 83.4 Å². The van der Waals surface area contributed by atoms with Crippen LogP contribution in [0.4, 0.5) is 0 Å². The largest absolute Gasteiger partial charge is 1.00 e. The predicted octanol–water partition coefficient (Wildman–Crippen LogP) is 2.84. The molecule has 2 heterocycles. The number of unbranched alkanes of at least 4 members (excludes halogenated alkanes) is 1. The van der Waals surface area contributed by atoms with Gasteiger partial charge in [0.2, 0.25) is 0 Å². The van der Waals surface area contributed by atoms with E-state index in [4.69, 9.17) is 4.98 Å². The zero-order valence-corrected chi connectivity index (χ0v) is 26.0. The van der Waals surface area contributed by atoms with E-state index in [0.29, 0.717) is 12.3 Å². The van der Waals surface area contributed by atoms with Gasteiger partial charge < -0.3 is 9.63 Å². The molecule has 2 aromatic heterocycles. The Hall–Kier alpha value is -2.88. The number of aromatic nitrogens is 4. The minimum atomic E-state index is -0.712. The number of nitrogens with zero attached hydrogens (tertiary/aromatic N) is 4. The van der Waals surface area contributed by atoms with Gasteiger partial charge >= 0.3 is 51.4 Å². The first-order valence-corrected chi connectivity index (χ1v) is 13.5. The van der Waals surface area contributed by atoms with Crippen LogP contribution in [-0.4, -0.2) is 19.7 Å². The normalized spacial score (nSPS) is 12.7. The molecular weight excluding hydrogens is 527 g/mol. The molecule has 7 nitrogen and oxygen atoms in total. The van der Waals surface area contributed by atoms with Crippen molar-refractivity contribution in [3.63, 3.8) is 0 Å². The van der Waals surface area contributed by atoms with Gasteiger partial charge in [0, 0.05) is 23.5 Å². The van der Waals surface area contributed by atoms with Gasteiger partial charge in [-0.25, -0.2) is 9.97 Å². The molecule has 0 radical (unpaired) electrons. The maximum absolute atomic E-state index is 14.1. The predicted molar refractivity (Wildman–Crippen MR) is 148 cm³/mol. The van der Waals surface area contributed by atoms with Gasteiger partial charge in [-0.3, -0.25) is 9.36 Å². The molecule has 0 spiro atoms. The van der Waals surface area contributed by atoms with Gasteiger partial charge in [0.05, 0.1) is 11.4 Å².